The van der Waals surface area contributed by atoms with Crippen molar-refractivity contribution in [1.82, 2.24) is 9.88 Å². The quantitative estimate of drug-likeness (QED) is 0.854. The molecule has 5 nitrogen and oxygen atoms in total. The number of carbonyl (C=O) groups excluding carboxylic acids is 1. The monoisotopic (exact) mass is 350 g/mol. The highest BCUT2D eigenvalue weighted by atomic mass is 16.5. The fraction of sp³-hybridized carbons (Fsp3) is 0.333. The zero-order chi connectivity index (χ0) is 17.9. The second-order valence-corrected chi connectivity index (χ2v) is 6.85. The van der Waals surface area contributed by atoms with Crippen LogP contribution in [-0.4, -0.2) is 33.9 Å². The van der Waals surface area contributed by atoms with Crippen LogP contribution in [0.25, 0.3) is 6.08 Å². The van der Waals surface area contributed by atoms with Crippen LogP contribution in [0.1, 0.15) is 47.2 Å². The lowest BCUT2D eigenvalue weighted by atomic mass is 10.0. The zero-order valence-corrected chi connectivity index (χ0v) is 14.6. The number of nitrogens with zero attached hydrogens (tertiary/aromatic N) is 2. The summed E-state index contributed by atoms with van der Waals surface area (Å²) in [5.41, 5.74) is 2.08. The minimum atomic E-state index is -0.145. The van der Waals surface area contributed by atoms with Crippen molar-refractivity contribution in [3.05, 3.63) is 59.1 Å². The molecule has 2 aromatic rings. The van der Waals surface area contributed by atoms with Crippen LogP contribution in [0, 0.1) is 0 Å². The Labute approximate surface area is 152 Å². The maximum atomic E-state index is 12.7. The van der Waals surface area contributed by atoms with Gasteiger partial charge in [0.2, 0.25) is 5.78 Å². The van der Waals surface area contributed by atoms with Gasteiger partial charge in [0.15, 0.2) is 5.76 Å². The third-order valence-electron chi connectivity index (χ3n) is 5.00. The smallest absolute Gasteiger partial charge is 0.231 e. The Morgan fingerprint density at radius 2 is 1.81 bits per heavy atom. The van der Waals surface area contributed by atoms with Crippen LogP contribution in [0.3, 0.4) is 0 Å². The van der Waals surface area contributed by atoms with E-state index in [1.54, 1.807) is 30.6 Å². The molecule has 4 rings (SSSR count). The highest BCUT2D eigenvalue weighted by molar-refractivity contribution is 6.14. The molecule has 0 spiro atoms. The van der Waals surface area contributed by atoms with E-state index in [1.165, 1.54) is 25.7 Å². The number of rotatable bonds is 3. The van der Waals surface area contributed by atoms with Gasteiger partial charge in [0.05, 0.1) is 11.1 Å². The summed E-state index contributed by atoms with van der Waals surface area (Å²) >= 11 is 0. The van der Waals surface area contributed by atoms with E-state index >= 15 is 0 Å². The molecule has 3 heterocycles. The summed E-state index contributed by atoms with van der Waals surface area (Å²) in [6.45, 7) is 2.62. The summed E-state index contributed by atoms with van der Waals surface area (Å²) in [5, 5.41) is 10.4. The molecule has 26 heavy (non-hydrogen) atoms. The van der Waals surface area contributed by atoms with E-state index in [1.807, 2.05) is 12.1 Å². The lowest BCUT2D eigenvalue weighted by Gasteiger charge is -2.21. The molecule has 1 N–H and O–H groups in total. The summed E-state index contributed by atoms with van der Waals surface area (Å²) in [4.78, 5) is 19.0. The Hall–Kier alpha value is -2.66. The number of carbonyl (C=O) groups is 1. The molecule has 134 valence electrons. The average Bonchev–Trinajstić information content (AvgIpc) is 2.83. The molecule has 1 saturated heterocycles. The Morgan fingerprint density at radius 1 is 1.08 bits per heavy atom. The number of hydrogen-bond acceptors (Lipinski definition) is 5. The highest BCUT2D eigenvalue weighted by Crippen LogP contribution is 2.40. The number of ether oxygens (including phenoxy) is 1. The fourth-order valence-electron chi connectivity index (χ4n) is 3.58. The lowest BCUT2D eigenvalue weighted by molar-refractivity contribution is 0.101. The van der Waals surface area contributed by atoms with Crippen molar-refractivity contribution >= 4 is 11.9 Å². The maximum Gasteiger partial charge on any atom is 0.231 e. The van der Waals surface area contributed by atoms with Gasteiger partial charge >= 0.3 is 0 Å². The van der Waals surface area contributed by atoms with Gasteiger partial charge in [-0.1, -0.05) is 12.8 Å². The van der Waals surface area contributed by atoms with Crippen LogP contribution in [-0.2, 0) is 6.54 Å². The van der Waals surface area contributed by atoms with Crippen molar-refractivity contribution in [2.75, 3.05) is 13.1 Å². The minimum Gasteiger partial charge on any atom is -0.507 e. The molecule has 0 bridgehead atoms. The number of hydrogen-bond donors (Lipinski definition) is 1. The SMILES string of the molecule is O=C1/C(=C/c2ccncc2)Oc2c1ccc(O)c2CN1CCCCCC1. The van der Waals surface area contributed by atoms with Crippen LogP contribution < -0.4 is 4.74 Å². The number of Topliss-reactive ketones (excluding diaryl/α,β-unsaturated/α-hetero) is 1. The lowest BCUT2D eigenvalue weighted by Crippen LogP contribution is -2.24. The first-order valence-corrected chi connectivity index (χ1v) is 9.14. The first kappa shape index (κ1) is 16.8. The first-order valence-electron chi connectivity index (χ1n) is 9.14. The number of fused-ring (bicyclic) bond motifs is 1. The molecule has 2 aliphatic heterocycles. The van der Waals surface area contributed by atoms with Crippen molar-refractivity contribution in [2.45, 2.75) is 32.2 Å². The summed E-state index contributed by atoms with van der Waals surface area (Å²) < 4.78 is 5.91. The third kappa shape index (κ3) is 3.35. The van der Waals surface area contributed by atoms with Crippen LogP contribution in [0.2, 0.25) is 0 Å². The summed E-state index contributed by atoms with van der Waals surface area (Å²) in [6, 6.07) is 6.89. The molecule has 0 unspecified atom stereocenters. The standard InChI is InChI=1S/C21H22N2O3/c24-18-6-5-16-20(25)19(13-15-7-9-22-10-8-15)26-21(16)17(18)14-23-11-3-1-2-4-12-23/h5-10,13,24H,1-4,11-12,14H2/b19-13-. The van der Waals surface area contributed by atoms with E-state index < -0.39 is 0 Å². The van der Waals surface area contributed by atoms with Gasteiger partial charge in [-0.15, -0.1) is 0 Å². The first-order chi connectivity index (χ1) is 12.7. The molecule has 1 fully saturated rings. The van der Waals surface area contributed by atoms with Crippen molar-refractivity contribution in [2.24, 2.45) is 0 Å². The van der Waals surface area contributed by atoms with Crippen LogP contribution in [0.15, 0.2) is 42.4 Å². The van der Waals surface area contributed by atoms with Crippen LogP contribution in [0.5, 0.6) is 11.5 Å². The van der Waals surface area contributed by atoms with Gasteiger partial charge in [-0.25, -0.2) is 0 Å². The molecular weight excluding hydrogens is 328 g/mol. The fourth-order valence-corrected chi connectivity index (χ4v) is 3.58. The van der Waals surface area contributed by atoms with E-state index in [2.05, 4.69) is 9.88 Å². The van der Waals surface area contributed by atoms with E-state index in [4.69, 9.17) is 4.74 Å². The van der Waals surface area contributed by atoms with E-state index in [0.29, 0.717) is 23.4 Å². The van der Waals surface area contributed by atoms with E-state index in [0.717, 1.165) is 18.7 Å². The predicted octanol–water partition coefficient (Wildman–Crippen LogP) is 3.78. The molecule has 0 saturated carbocycles. The van der Waals surface area contributed by atoms with Gasteiger partial charge < -0.3 is 9.84 Å². The third-order valence-corrected chi connectivity index (χ3v) is 5.00. The Balaban J connectivity index is 1.64. The second-order valence-electron chi connectivity index (χ2n) is 6.85. The number of allylic oxidation sites excluding steroid dienone is 1. The van der Waals surface area contributed by atoms with Gasteiger partial charge in [0.25, 0.3) is 0 Å². The highest BCUT2D eigenvalue weighted by Gasteiger charge is 2.31. The normalized spacial score (nSPS) is 19.2. The largest absolute Gasteiger partial charge is 0.507 e. The van der Waals surface area contributed by atoms with E-state index in [9.17, 15) is 9.90 Å². The van der Waals surface area contributed by atoms with Crippen LogP contribution >= 0.6 is 0 Å². The van der Waals surface area contributed by atoms with Gasteiger partial charge in [-0.2, -0.15) is 0 Å². The van der Waals surface area contributed by atoms with Crippen molar-refractivity contribution in [3.8, 4) is 11.5 Å². The number of pyridine rings is 1. The zero-order valence-electron chi connectivity index (χ0n) is 14.6. The number of benzene rings is 1. The average molecular weight is 350 g/mol. The molecule has 0 atom stereocenters. The van der Waals surface area contributed by atoms with Gasteiger partial charge in [0, 0.05) is 18.9 Å². The molecule has 0 radical (unpaired) electrons. The number of ketones is 1. The summed E-state index contributed by atoms with van der Waals surface area (Å²) in [7, 11) is 0. The molecule has 1 aromatic heterocycles. The molecule has 0 amide bonds. The Kier molecular flexibility index (Phi) is 4.71. The summed E-state index contributed by atoms with van der Waals surface area (Å²) in [6.07, 6.45) is 9.92. The summed E-state index contributed by atoms with van der Waals surface area (Å²) in [5.74, 6) is 0.827. The maximum absolute atomic E-state index is 12.7. The number of phenols is 1. The van der Waals surface area contributed by atoms with Crippen molar-refractivity contribution in [1.29, 1.82) is 0 Å². The van der Waals surface area contributed by atoms with Crippen LogP contribution in [0.4, 0.5) is 0 Å². The van der Waals surface area contributed by atoms with Gasteiger partial charge in [-0.05, 0) is 61.8 Å². The minimum absolute atomic E-state index is 0.145. The second kappa shape index (κ2) is 7.30. The van der Waals surface area contributed by atoms with E-state index in [-0.39, 0.29) is 17.3 Å². The molecule has 0 aliphatic carbocycles. The Morgan fingerprint density at radius 3 is 2.54 bits per heavy atom. The number of aromatic nitrogens is 1. The number of aromatic hydroxyl groups is 1. The van der Waals surface area contributed by atoms with Gasteiger partial charge in [0.1, 0.15) is 11.5 Å². The van der Waals surface area contributed by atoms with Gasteiger partial charge in [-0.3, -0.25) is 14.7 Å². The number of likely N-dealkylation sites (tertiary alicyclic amines) is 1. The molecule has 1 aromatic carbocycles. The molecular formula is C21H22N2O3. The van der Waals surface area contributed by atoms with Crippen molar-refractivity contribution < 1.29 is 14.6 Å². The van der Waals surface area contributed by atoms with Crippen molar-refractivity contribution in [3.63, 3.8) is 0 Å². The predicted molar refractivity (Wildman–Crippen MR) is 99.0 cm³/mol. The molecule has 5 heteroatoms. The molecule has 2 aliphatic rings. The topological polar surface area (TPSA) is 62.7 Å². The number of phenolic OH excluding ortho intramolecular Hbond substituents is 1. The Bertz CT molecular complexity index is 838.